The number of aromatic nitrogens is 3. The minimum absolute atomic E-state index is 0.155. The first kappa shape index (κ1) is 19.7. The number of nitrogens with zero attached hydrogens (tertiary/aromatic N) is 3. The SMILES string of the molecule is CC1(O)CC[C@@]2(C)C(CC[C@H]3[C@@H]4CC[C@H](C(=O)Cn5ccnn5)[C@@]4(C)CC[C@@H]32)C1. The summed E-state index contributed by atoms with van der Waals surface area (Å²) in [5.41, 5.74) is 0.0733. The molecule has 2 unspecified atom stereocenters. The maximum Gasteiger partial charge on any atom is 0.157 e. The molecule has 4 fully saturated rings. The van der Waals surface area contributed by atoms with E-state index < -0.39 is 5.60 Å². The third kappa shape index (κ3) is 3.02. The number of Topliss-reactive ketones (excluding diaryl/α,β-unsaturated/α-hetero) is 1. The minimum atomic E-state index is -0.466. The summed E-state index contributed by atoms with van der Waals surface area (Å²) in [5, 5.41) is 18.5. The van der Waals surface area contributed by atoms with Gasteiger partial charge in [0, 0.05) is 12.1 Å². The average molecular weight is 400 g/mol. The second-order valence-corrected chi connectivity index (χ2v) is 11.6. The van der Waals surface area contributed by atoms with Gasteiger partial charge in [-0.2, -0.15) is 0 Å². The molecule has 5 heteroatoms. The van der Waals surface area contributed by atoms with Gasteiger partial charge in [-0.25, -0.2) is 4.68 Å². The van der Waals surface area contributed by atoms with Crippen molar-refractivity contribution < 1.29 is 9.90 Å². The van der Waals surface area contributed by atoms with E-state index in [4.69, 9.17) is 0 Å². The first-order valence-electron chi connectivity index (χ1n) is 11.8. The zero-order chi connectivity index (χ0) is 20.4. The molecule has 0 amide bonds. The van der Waals surface area contributed by atoms with E-state index in [-0.39, 0.29) is 11.3 Å². The quantitative estimate of drug-likeness (QED) is 0.825. The molecule has 160 valence electrons. The van der Waals surface area contributed by atoms with E-state index in [1.165, 1.54) is 38.5 Å². The van der Waals surface area contributed by atoms with Gasteiger partial charge in [0.1, 0.15) is 6.54 Å². The molecular formula is C24H37N3O2. The van der Waals surface area contributed by atoms with Crippen molar-refractivity contribution in [2.24, 2.45) is 40.4 Å². The normalized spacial score (nSPS) is 49.2. The van der Waals surface area contributed by atoms with Crippen LogP contribution in [0.15, 0.2) is 12.4 Å². The molecule has 4 saturated carbocycles. The molecule has 1 aromatic rings. The summed E-state index contributed by atoms with van der Waals surface area (Å²) in [5.74, 6) is 3.43. The summed E-state index contributed by atoms with van der Waals surface area (Å²) >= 11 is 0. The maximum atomic E-state index is 13.2. The molecule has 0 aliphatic heterocycles. The fraction of sp³-hybridized carbons (Fsp3) is 0.875. The first-order chi connectivity index (χ1) is 13.7. The van der Waals surface area contributed by atoms with Gasteiger partial charge in [0.2, 0.25) is 0 Å². The molecule has 4 aliphatic rings. The van der Waals surface area contributed by atoms with Crippen molar-refractivity contribution in [2.75, 3.05) is 0 Å². The predicted octanol–water partition coefficient (Wildman–Crippen LogP) is 4.26. The lowest BCUT2D eigenvalue weighted by Gasteiger charge is -2.61. The standard InChI is InChI=1S/C24H37N3O2/c1-22(29)10-11-23(2)16(14-22)4-5-17-18-6-7-20(24(18,3)9-8-19(17)23)21(28)15-27-13-12-25-26-27/h12-13,16-20,29H,4-11,14-15H2,1-3H3/t16?,17-,18-,19-,20+,22?,23-,24-/m0/s1. The molecule has 5 nitrogen and oxygen atoms in total. The molecule has 0 radical (unpaired) electrons. The Morgan fingerprint density at radius 2 is 1.83 bits per heavy atom. The van der Waals surface area contributed by atoms with Gasteiger partial charge < -0.3 is 5.11 Å². The largest absolute Gasteiger partial charge is 0.390 e. The number of rotatable bonds is 3. The zero-order valence-electron chi connectivity index (χ0n) is 18.3. The molecule has 0 aromatic carbocycles. The Hall–Kier alpha value is -1.23. The molecule has 0 saturated heterocycles. The number of aliphatic hydroxyl groups is 1. The summed E-state index contributed by atoms with van der Waals surface area (Å²) in [7, 11) is 0. The van der Waals surface area contributed by atoms with Crippen LogP contribution in [0.25, 0.3) is 0 Å². The van der Waals surface area contributed by atoms with Gasteiger partial charge in [-0.3, -0.25) is 4.79 Å². The van der Waals surface area contributed by atoms with Crippen molar-refractivity contribution in [3.8, 4) is 0 Å². The molecule has 4 aliphatic carbocycles. The topological polar surface area (TPSA) is 68.0 Å². The Balaban J connectivity index is 1.36. The van der Waals surface area contributed by atoms with Crippen LogP contribution in [0, 0.1) is 40.4 Å². The zero-order valence-corrected chi connectivity index (χ0v) is 18.3. The molecular weight excluding hydrogens is 362 g/mol. The molecule has 1 N–H and O–H groups in total. The molecule has 0 bridgehead atoms. The highest BCUT2D eigenvalue weighted by molar-refractivity contribution is 5.82. The van der Waals surface area contributed by atoms with Crippen LogP contribution in [0.3, 0.4) is 0 Å². The third-order valence-corrected chi connectivity index (χ3v) is 10.1. The van der Waals surface area contributed by atoms with Gasteiger partial charge in [-0.1, -0.05) is 19.1 Å². The molecule has 0 spiro atoms. The fourth-order valence-corrected chi connectivity index (χ4v) is 8.55. The smallest absolute Gasteiger partial charge is 0.157 e. The van der Waals surface area contributed by atoms with Crippen molar-refractivity contribution >= 4 is 5.78 Å². The Morgan fingerprint density at radius 1 is 1.03 bits per heavy atom. The van der Waals surface area contributed by atoms with Crippen LogP contribution < -0.4 is 0 Å². The lowest BCUT2D eigenvalue weighted by atomic mass is 9.44. The Bertz CT molecular complexity index is 775. The van der Waals surface area contributed by atoms with Crippen molar-refractivity contribution in [1.82, 2.24) is 15.0 Å². The van der Waals surface area contributed by atoms with E-state index in [1.807, 2.05) is 6.92 Å². The van der Waals surface area contributed by atoms with Crippen LogP contribution in [-0.2, 0) is 11.3 Å². The Kier molecular flexibility index (Phi) is 4.51. The van der Waals surface area contributed by atoms with Gasteiger partial charge in [0.05, 0.1) is 11.8 Å². The third-order valence-electron chi connectivity index (χ3n) is 10.1. The van der Waals surface area contributed by atoms with Crippen LogP contribution in [0.5, 0.6) is 0 Å². The van der Waals surface area contributed by atoms with E-state index >= 15 is 0 Å². The second kappa shape index (κ2) is 6.63. The van der Waals surface area contributed by atoms with Crippen LogP contribution >= 0.6 is 0 Å². The summed E-state index contributed by atoms with van der Waals surface area (Å²) in [6.45, 7) is 7.37. The van der Waals surface area contributed by atoms with E-state index in [0.717, 1.165) is 31.1 Å². The number of fused-ring (bicyclic) bond motifs is 5. The van der Waals surface area contributed by atoms with Crippen LogP contribution in [0.4, 0.5) is 0 Å². The van der Waals surface area contributed by atoms with Crippen LogP contribution in [0.2, 0.25) is 0 Å². The monoisotopic (exact) mass is 399 g/mol. The summed E-state index contributed by atoms with van der Waals surface area (Å²) < 4.78 is 1.69. The molecule has 5 rings (SSSR count). The number of carbonyl (C=O) groups is 1. The molecule has 1 aromatic heterocycles. The van der Waals surface area contributed by atoms with E-state index in [1.54, 1.807) is 17.1 Å². The highest BCUT2D eigenvalue weighted by Crippen LogP contribution is 2.68. The summed E-state index contributed by atoms with van der Waals surface area (Å²) in [6.07, 6.45) is 13.8. The van der Waals surface area contributed by atoms with E-state index in [9.17, 15) is 9.90 Å². The van der Waals surface area contributed by atoms with Gasteiger partial charge in [0.25, 0.3) is 0 Å². The lowest BCUT2D eigenvalue weighted by molar-refractivity contribution is -0.151. The van der Waals surface area contributed by atoms with Gasteiger partial charge >= 0.3 is 0 Å². The molecule has 8 atom stereocenters. The Morgan fingerprint density at radius 3 is 2.59 bits per heavy atom. The van der Waals surface area contributed by atoms with Crippen LogP contribution in [0.1, 0.15) is 78.6 Å². The predicted molar refractivity (Wildman–Crippen MR) is 111 cm³/mol. The van der Waals surface area contributed by atoms with E-state index in [2.05, 4.69) is 24.2 Å². The number of hydrogen-bond donors (Lipinski definition) is 1. The van der Waals surface area contributed by atoms with Gasteiger partial charge in [-0.15, -0.1) is 5.10 Å². The first-order valence-corrected chi connectivity index (χ1v) is 11.8. The van der Waals surface area contributed by atoms with Crippen molar-refractivity contribution in [3.63, 3.8) is 0 Å². The average Bonchev–Trinajstić information content (AvgIpc) is 3.29. The lowest BCUT2D eigenvalue weighted by Crippen LogP contribution is -2.55. The number of carbonyl (C=O) groups excluding carboxylic acids is 1. The minimum Gasteiger partial charge on any atom is -0.390 e. The van der Waals surface area contributed by atoms with Gasteiger partial charge in [-0.05, 0) is 99.2 Å². The van der Waals surface area contributed by atoms with Crippen molar-refractivity contribution in [1.29, 1.82) is 0 Å². The summed E-state index contributed by atoms with van der Waals surface area (Å²) in [6, 6.07) is 0. The fourth-order valence-electron chi connectivity index (χ4n) is 8.55. The van der Waals surface area contributed by atoms with E-state index in [0.29, 0.717) is 29.6 Å². The highest BCUT2D eigenvalue weighted by Gasteiger charge is 2.61. The highest BCUT2D eigenvalue weighted by atomic mass is 16.3. The number of hydrogen-bond acceptors (Lipinski definition) is 4. The second-order valence-electron chi connectivity index (χ2n) is 11.6. The maximum absolute atomic E-state index is 13.2. The van der Waals surface area contributed by atoms with Gasteiger partial charge in [0.15, 0.2) is 5.78 Å². The molecule has 1 heterocycles. The van der Waals surface area contributed by atoms with Crippen molar-refractivity contribution in [3.05, 3.63) is 12.4 Å². The molecule has 29 heavy (non-hydrogen) atoms. The summed E-state index contributed by atoms with van der Waals surface area (Å²) in [4.78, 5) is 13.2. The number of ketones is 1. The van der Waals surface area contributed by atoms with Crippen LogP contribution in [-0.4, -0.2) is 31.5 Å². The van der Waals surface area contributed by atoms with Crippen molar-refractivity contribution in [2.45, 2.75) is 90.7 Å². The Labute approximate surface area is 174 Å².